The summed E-state index contributed by atoms with van der Waals surface area (Å²) in [5.74, 6) is -3.25. The standard InChI is InChI=1S/C21H18F3N5O3/c1-11-16(18(31)26-13-6-4-3-5-7-13)17(12-8-9-15(32-2)14(30)10-12)29-20(25-11)27-19(28-29)21(22,23)24/h3-10,16-17,30H,1H2,2H3,(H,26,31)(H,25,27,28)/t16-,17-/m1/s1. The normalized spacial score (nSPS) is 17.9. The highest BCUT2D eigenvalue weighted by atomic mass is 19.4. The molecule has 0 spiro atoms. The van der Waals surface area contributed by atoms with Gasteiger partial charge >= 0.3 is 6.18 Å². The van der Waals surface area contributed by atoms with Gasteiger partial charge in [-0.05, 0) is 29.8 Å². The Morgan fingerprint density at radius 1 is 1.25 bits per heavy atom. The Kier molecular flexibility index (Phi) is 5.25. The number of aromatic nitrogens is 3. The van der Waals surface area contributed by atoms with E-state index in [0.29, 0.717) is 11.3 Å². The fourth-order valence-corrected chi connectivity index (χ4v) is 3.54. The first-order chi connectivity index (χ1) is 15.2. The highest BCUT2D eigenvalue weighted by Crippen LogP contribution is 2.41. The number of amides is 1. The Balaban J connectivity index is 1.82. The second-order valence-electron chi connectivity index (χ2n) is 7.06. The van der Waals surface area contributed by atoms with Crippen molar-refractivity contribution >= 4 is 17.5 Å². The van der Waals surface area contributed by atoms with Crippen LogP contribution in [0, 0.1) is 5.92 Å². The zero-order valence-electron chi connectivity index (χ0n) is 16.7. The van der Waals surface area contributed by atoms with Crippen LogP contribution in [0.25, 0.3) is 0 Å². The summed E-state index contributed by atoms with van der Waals surface area (Å²) in [6.45, 7) is 3.84. The smallest absolute Gasteiger partial charge is 0.453 e. The van der Waals surface area contributed by atoms with Crippen molar-refractivity contribution in [3.63, 3.8) is 0 Å². The number of para-hydroxylation sites is 1. The fraction of sp³-hybridized carbons (Fsp3) is 0.190. The van der Waals surface area contributed by atoms with E-state index in [4.69, 9.17) is 4.74 Å². The van der Waals surface area contributed by atoms with Crippen LogP contribution in [0.5, 0.6) is 11.5 Å². The first kappa shape index (κ1) is 21.2. The molecule has 0 aliphatic carbocycles. The molecule has 0 unspecified atom stereocenters. The highest BCUT2D eigenvalue weighted by Gasteiger charge is 2.44. The first-order valence-corrected chi connectivity index (χ1v) is 9.41. The number of ether oxygens (including phenoxy) is 1. The number of carbonyl (C=O) groups is 1. The van der Waals surface area contributed by atoms with Gasteiger partial charge in [-0.25, -0.2) is 4.68 Å². The van der Waals surface area contributed by atoms with Gasteiger partial charge in [0.25, 0.3) is 5.82 Å². The van der Waals surface area contributed by atoms with Crippen LogP contribution in [-0.2, 0) is 11.0 Å². The number of anilines is 2. The Labute approximate surface area is 180 Å². The molecule has 1 aliphatic rings. The minimum Gasteiger partial charge on any atom is -0.504 e. The van der Waals surface area contributed by atoms with Crippen LogP contribution < -0.4 is 15.4 Å². The number of fused-ring (bicyclic) bond motifs is 1. The molecule has 0 fully saturated rings. The van der Waals surface area contributed by atoms with Gasteiger partial charge in [0.1, 0.15) is 5.92 Å². The van der Waals surface area contributed by atoms with Crippen molar-refractivity contribution in [2.75, 3.05) is 17.7 Å². The number of nitrogens with zero attached hydrogens (tertiary/aromatic N) is 3. The number of halogens is 3. The average molecular weight is 445 g/mol. The summed E-state index contributed by atoms with van der Waals surface area (Å²) >= 11 is 0. The molecule has 1 amide bonds. The third-order valence-electron chi connectivity index (χ3n) is 4.98. The molecule has 0 bridgehead atoms. The average Bonchev–Trinajstić information content (AvgIpc) is 3.17. The number of benzene rings is 2. The van der Waals surface area contributed by atoms with Crippen molar-refractivity contribution in [3.05, 3.63) is 72.2 Å². The van der Waals surface area contributed by atoms with Crippen molar-refractivity contribution < 1.29 is 27.8 Å². The maximum Gasteiger partial charge on any atom is 0.453 e. The van der Waals surface area contributed by atoms with Gasteiger partial charge in [-0.1, -0.05) is 30.8 Å². The minimum atomic E-state index is -4.79. The van der Waals surface area contributed by atoms with E-state index in [1.807, 2.05) is 0 Å². The van der Waals surface area contributed by atoms with Crippen molar-refractivity contribution in [2.24, 2.45) is 5.92 Å². The Bertz CT molecular complexity index is 1180. The third kappa shape index (κ3) is 3.84. The molecule has 1 aliphatic heterocycles. The van der Waals surface area contributed by atoms with Crippen LogP contribution in [-0.4, -0.2) is 32.9 Å². The van der Waals surface area contributed by atoms with Gasteiger partial charge in [-0.3, -0.25) is 4.79 Å². The SMILES string of the molecule is C=C1Nc2nc(C(F)(F)F)nn2[C@H](c2ccc(OC)c(O)c2)[C@@H]1C(=O)Nc1ccccc1. The van der Waals surface area contributed by atoms with Crippen LogP contribution in [0.4, 0.5) is 24.8 Å². The lowest BCUT2D eigenvalue weighted by molar-refractivity contribution is -0.145. The number of rotatable bonds is 4. The van der Waals surface area contributed by atoms with E-state index in [9.17, 15) is 23.1 Å². The summed E-state index contributed by atoms with van der Waals surface area (Å²) < 4.78 is 45.9. The summed E-state index contributed by atoms with van der Waals surface area (Å²) in [5.41, 5.74) is 0.952. The second kappa shape index (κ2) is 7.91. The van der Waals surface area contributed by atoms with Gasteiger partial charge in [0.2, 0.25) is 11.9 Å². The van der Waals surface area contributed by atoms with Gasteiger partial charge in [0.15, 0.2) is 11.5 Å². The van der Waals surface area contributed by atoms with E-state index < -0.39 is 29.9 Å². The lowest BCUT2D eigenvalue weighted by Crippen LogP contribution is -2.39. The molecule has 2 heterocycles. The summed E-state index contributed by atoms with van der Waals surface area (Å²) in [6, 6.07) is 11.8. The molecule has 3 aromatic rings. The zero-order chi connectivity index (χ0) is 23.0. The van der Waals surface area contributed by atoms with E-state index in [1.165, 1.54) is 25.3 Å². The molecule has 0 saturated carbocycles. The van der Waals surface area contributed by atoms with Gasteiger partial charge < -0.3 is 20.5 Å². The summed E-state index contributed by atoms with van der Waals surface area (Å²) in [5, 5.41) is 19.2. The van der Waals surface area contributed by atoms with Crippen LogP contribution in [0.15, 0.2) is 60.8 Å². The number of methoxy groups -OCH3 is 1. The molecular formula is C21H18F3N5O3. The van der Waals surface area contributed by atoms with E-state index in [0.717, 1.165) is 4.68 Å². The molecule has 166 valence electrons. The fourth-order valence-electron chi connectivity index (χ4n) is 3.54. The largest absolute Gasteiger partial charge is 0.504 e. The number of alkyl halides is 3. The Morgan fingerprint density at radius 3 is 2.59 bits per heavy atom. The number of phenols is 1. The van der Waals surface area contributed by atoms with Crippen LogP contribution in [0.3, 0.4) is 0 Å². The topological polar surface area (TPSA) is 101 Å². The number of aromatic hydroxyl groups is 1. The predicted molar refractivity (Wildman–Crippen MR) is 109 cm³/mol. The van der Waals surface area contributed by atoms with Crippen molar-refractivity contribution in [1.82, 2.24) is 14.8 Å². The molecule has 4 rings (SSSR count). The minimum absolute atomic E-state index is 0.132. The lowest BCUT2D eigenvalue weighted by Gasteiger charge is -2.33. The third-order valence-corrected chi connectivity index (χ3v) is 4.98. The molecule has 1 aromatic heterocycles. The van der Waals surface area contributed by atoms with Gasteiger partial charge in [0.05, 0.1) is 13.2 Å². The summed E-state index contributed by atoms with van der Waals surface area (Å²) in [6.07, 6.45) is -4.79. The van der Waals surface area contributed by atoms with E-state index >= 15 is 0 Å². The van der Waals surface area contributed by atoms with Gasteiger partial charge in [-0.2, -0.15) is 18.2 Å². The molecule has 2 aromatic carbocycles. The monoisotopic (exact) mass is 445 g/mol. The highest BCUT2D eigenvalue weighted by molar-refractivity contribution is 5.95. The number of phenolic OH excluding ortho intramolecular Hbond substituents is 1. The van der Waals surface area contributed by atoms with Crippen molar-refractivity contribution in [2.45, 2.75) is 12.2 Å². The summed E-state index contributed by atoms with van der Waals surface area (Å²) in [4.78, 5) is 16.7. The maximum atomic E-state index is 13.3. The maximum absolute atomic E-state index is 13.3. The quantitative estimate of drug-likeness (QED) is 0.565. The number of nitrogens with one attached hydrogen (secondary N) is 2. The van der Waals surface area contributed by atoms with Crippen LogP contribution in [0.2, 0.25) is 0 Å². The Morgan fingerprint density at radius 2 is 1.97 bits per heavy atom. The van der Waals surface area contributed by atoms with E-state index in [-0.39, 0.29) is 23.1 Å². The molecule has 3 N–H and O–H groups in total. The summed E-state index contributed by atoms with van der Waals surface area (Å²) in [7, 11) is 1.36. The Hall–Kier alpha value is -4.02. The molecule has 11 heteroatoms. The second-order valence-corrected chi connectivity index (χ2v) is 7.06. The first-order valence-electron chi connectivity index (χ1n) is 9.41. The van der Waals surface area contributed by atoms with Crippen molar-refractivity contribution in [1.29, 1.82) is 0 Å². The molecule has 2 atom stereocenters. The van der Waals surface area contributed by atoms with Gasteiger partial charge in [0, 0.05) is 11.4 Å². The van der Waals surface area contributed by atoms with Crippen molar-refractivity contribution in [3.8, 4) is 11.5 Å². The lowest BCUT2D eigenvalue weighted by atomic mass is 9.88. The number of hydrogen-bond donors (Lipinski definition) is 3. The number of carbonyl (C=O) groups excluding carboxylic acids is 1. The van der Waals surface area contributed by atoms with Crippen LogP contribution in [0.1, 0.15) is 17.4 Å². The molecular weight excluding hydrogens is 427 g/mol. The molecule has 0 radical (unpaired) electrons. The predicted octanol–water partition coefficient (Wildman–Crippen LogP) is 3.79. The van der Waals surface area contributed by atoms with E-state index in [2.05, 4.69) is 27.3 Å². The molecule has 0 saturated heterocycles. The van der Waals surface area contributed by atoms with Crippen LogP contribution >= 0.6 is 0 Å². The molecule has 8 nitrogen and oxygen atoms in total. The van der Waals surface area contributed by atoms with E-state index in [1.54, 1.807) is 30.3 Å². The zero-order valence-corrected chi connectivity index (χ0v) is 16.7. The number of hydrogen-bond acceptors (Lipinski definition) is 6. The molecule has 32 heavy (non-hydrogen) atoms. The van der Waals surface area contributed by atoms with Gasteiger partial charge in [-0.15, -0.1) is 5.10 Å².